The standard InChI is InChI=1S/C11H10FN/c1-13-7-3-6-11(13)9-4-2-5-10(12)8-9/h2-8H,1H3. The van der Waals surface area contributed by atoms with Gasteiger partial charge in [0.25, 0.3) is 0 Å². The van der Waals surface area contributed by atoms with Gasteiger partial charge in [-0.25, -0.2) is 4.39 Å². The summed E-state index contributed by atoms with van der Waals surface area (Å²) in [4.78, 5) is 0. The number of hydrogen-bond acceptors (Lipinski definition) is 0. The van der Waals surface area contributed by atoms with Crippen molar-refractivity contribution >= 4 is 0 Å². The van der Waals surface area contributed by atoms with E-state index in [1.165, 1.54) is 12.1 Å². The van der Waals surface area contributed by atoms with Gasteiger partial charge in [0.05, 0.1) is 0 Å². The van der Waals surface area contributed by atoms with Crippen LogP contribution >= 0.6 is 0 Å². The summed E-state index contributed by atoms with van der Waals surface area (Å²) in [5, 5.41) is 0. The minimum Gasteiger partial charge on any atom is -0.351 e. The second-order valence-electron chi connectivity index (χ2n) is 3.01. The predicted octanol–water partition coefficient (Wildman–Crippen LogP) is 2.83. The van der Waals surface area contributed by atoms with Gasteiger partial charge in [-0.3, -0.25) is 0 Å². The summed E-state index contributed by atoms with van der Waals surface area (Å²) in [6, 6.07) is 10.5. The second-order valence-corrected chi connectivity index (χ2v) is 3.01. The van der Waals surface area contributed by atoms with Crippen LogP contribution in [0.1, 0.15) is 0 Å². The van der Waals surface area contributed by atoms with E-state index in [2.05, 4.69) is 0 Å². The number of aryl methyl sites for hydroxylation is 1. The van der Waals surface area contributed by atoms with Crippen LogP contribution in [-0.2, 0) is 7.05 Å². The van der Waals surface area contributed by atoms with Crippen molar-refractivity contribution in [3.8, 4) is 11.3 Å². The maximum Gasteiger partial charge on any atom is 0.123 e. The Morgan fingerprint density at radius 2 is 2.00 bits per heavy atom. The SMILES string of the molecule is Cn1cccc1-c1cccc(F)c1. The van der Waals surface area contributed by atoms with Gasteiger partial charge in [0.2, 0.25) is 0 Å². The van der Waals surface area contributed by atoms with Gasteiger partial charge in [0.15, 0.2) is 0 Å². The summed E-state index contributed by atoms with van der Waals surface area (Å²) in [5.74, 6) is -0.196. The fourth-order valence-corrected chi connectivity index (χ4v) is 1.41. The summed E-state index contributed by atoms with van der Waals surface area (Å²) in [5.41, 5.74) is 1.94. The smallest absolute Gasteiger partial charge is 0.123 e. The Hall–Kier alpha value is -1.57. The van der Waals surface area contributed by atoms with E-state index in [4.69, 9.17) is 0 Å². The first-order valence-corrected chi connectivity index (χ1v) is 4.14. The van der Waals surface area contributed by atoms with Crippen LogP contribution in [0.15, 0.2) is 42.6 Å². The van der Waals surface area contributed by atoms with E-state index in [0.29, 0.717) is 0 Å². The van der Waals surface area contributed by atoms with Crippen LogP contribution in [0.2, 0.25) is 0 Å². The van der Waals surface area contributed by atoms with E-state index in [1.54, 1.807) is 6.07 Å². The fraction of sp³-hybridized carbons (Fsp3) is 0.0909. The lowest BCUT2D eigenvalue weighted by Gasteiger charge is -2.02. The third-order valence-corrected chi connectivity index (χ3v) is 2.06. The highest BCUT2D eigenvalue weighted by atomic mass is 19.1. The average molecular weight is 175 g/mol. The first-order chi connectivity index (χ1) is 6.27. The van der Waals surface area contributed by atoms with Gasteiger partial charge in [-0.2, -0.15) is 0 Å². The maximum atomic E-state index is 12.9. The molecule has 0 unspecified atom stereocenters. The molecule has 2 aromatic rings. The minimum atomic E-state index is -0.196. The van der Waals surface area contributed by atoms with Crippen LogP contribution in [-0.4, -0.2) is 4.57 Å². The Morgan fingerprint density at radius 3 is 2.62 bits per heavy atom. The molecule has 1 aromatic carbocycles. The number of hydrogen-bond donors (Lipinski definition) is 0. The monoisotopic (exact) mass is 175 g/mol. The number of nitrogens with zero attached hydrogens (tertiary/aromatic N) is 1. The lowest BCUT2D eigenvalue weighted by Crippen LogP contribution is -1.89. The van der Waals surface area contributed by atoms with E-state index < -0.39 is 0 Å². The average Bonchev–Trinajstić information content (AvgIpc) is 2.51. The summed E-state index contributed by atoms with van der Waals surface area (Å²) in [6.07, 6.45) is 1.94. The molecule has 1 heterocycles. The van der Waals surface area contributed by atoms with Gasteiger partial charge < -0.3 is 4.57 Å². The molecule has 2 heteroatoms. The molecule has 0 bridgehead atoms. The van der Waals surface area contributed by atoms with E-state index in [9.17, 15) is 4.39 Å². The van der Waals surface area contributed by atoms with E-state index in [-0.39, 0.29) is 5.82 Å². The number of rotatable bonds is 1. The Kier molecular flexibility index (Phi) is 1.89. The van der Waals surface area contributed by atoms with E-state index in [0.717, 1.165) is 11.3 Å². The van der Waals surface area contributed by atoms with Crippen LogP contribution in [0.5, 0.6) is 0 Å². The Balaban J connectivity index is 2.53. The van der Waals surface area contributed by atoms with Gasteiger partial charge in [-0.15, -0.1) is 0 Å². The van der Waals surface area contributed by atoms with Gasteiger partial charge in [0, 0.05) is 24.5 Å². The summed E-state index contributed by atoms with van der Waals surface area (Å²) in [6.45, 7) is 0. The minimum absolute atomic E-state index is 0.196. The molecule has 0 aliphatic carbocycles. The van der Waals surface area contributed by atoms with Crippen molar-refractivity contribution in [1.82, 2.24) is 4.57 Å². The fourth-order valence-electron chi connectivity index (χ4n) is 1.41. The zero-order valence-electron chi connectivity index (χ0n) is 7.37. The van der Waals surface area contributed by atoms with Gasteiger partial charge in [-0.05, 0) is 24.3 Å². The van der Waals surface area contributed by atoms with Gasteiger partial charge >= 0.3 is 0 Å². The second kappa shape index (κ2) is 3.05. The molecule has 13 heavy (non-hydrogen) atoms. The molecule has 0 aliphatic heterocycles. The number of benzene rings is 1. The molecule has 0 aliphatic rings. The topological polar surface area (TPSA) is 4.93 Å². The largest absolute Gasteiger partial charge is 0.351 e. The number of aromatic nitrogens is 1. The first-order valence-electron chi connectivity index (χ1n) is 4.14. The molecular weight excluding hydrogens is 165 g/mol. The molecule has 0 radical (unpaired) electrons. The van der Waals surface area contributed by atoms with Gasteiger partial charge in [-0.1, -0.05) is 12.1 Å². The van der Waals surface area contributed by atoms with Gasteiger partial charge in [0.1, 0.15) is 5.82 Å². The van der Waals surface area contributed by atoms with Crippen molar-refractivity contribution in [2.24, 2.45) is 7.05 Å². The lowest BCUT2D eigenvalue weighted by atomic mass is 10.1. The van der Waals surface area contributed by atoms with Crippen molar-refractivity contribution in [2.75, 3.05) is 0 Å². The Labute approximate surface area is 76.4 Å². The summed E-state index contributed by atoms with van der Waals surface area (Å²) in [7, 11) is 1.94. The molecule has 1 aromatic heterocycles. The molecule has 0 amide bonds. The molecule has 0 saturated carbocycles. The van der Waals surface area contributed by atoms with Crippen LogP contribution < -0.4 is 0 Å². The van der Waals surface area contributed by atoms with Crippen molar-refractivity contribution in [3.05, 3.63) is 48.4 Å². The zero-order valence-corrected chi connectivity index (χ0v) is 7.37. The lowest BCUT2D eigenvalue weighted by molar-refractivity contribution is 0.628. The molecule has 0 spiro atoms. The molecule has 66 valence electrons. The quantitative estimate of drug-likeness (QED) is 0.628. The van der Waals surface area contributed by atoms with Crippen molar-refractivity contribution in [2.45, 2.75) is 0 Å². The molecular formula is C11H10FN. The van der Waals surface area contributed by atoms with E-state index in [1.807, 2.05) is 36.0 Å². The third-order valence-electron chi connectivity index (χ3n) is 2.06. The Bertz CT molecular complexity index is 418. The highest BCUT2D eigenvalue weighted by molar-refractivity contribution is 5.59. The first kappa shape index (κ1) is 8.05. The summed E-state index contributed by atoms with van der Waals surface area (Å²) >= 11 is 0. The van der Waals surface area contributed by atoms with Crippen molar-refractivity contribution < 1.29 is 4.39 Å². The van der Waals surface area contributed by atoms with Crippen LogP contribution in [0.4, 0.5) is 4.39 Å². The molecule has 2 rings (SSSR count). The highest BCUT2D eigenvalue weighted by Crippen LogP contribution is 2.19. The molecule has 0 N–H and O–H groups in total. The normalized spacial score (nSPS) is 10.3. The molecule has 0 atom stereocenters. The van der Waals surface area contributed by atoms with Crippen LogP contribution in [0.3, 0.4) is 0 Å². The maximum absolute atomic E-state index is 12.9. The number of halogens is 1. The summed E-state index contributed by atoms with van der Waals surface area (Å²) < 4.78 is 14.8. The molecule has 0 saturated heterocycles. The Morgan fingerprint density at radius 1 is 1.15 bits per heavy atom. The highest BCUT2D eigenvalue weighted by Gasteiger charge is 2.00. The van der Waals surface area contributed by atoms with Crippen molar-refractivity contribution in [1.29, 1.82) is 0 Å². The van der Waals surface area contributed by atoms with Crippen LogP contribution in [0, 0.1) is 5.82 Å². The molecule has 1 nitrogen and oxygen atoms in total. The van der Waals surface area contributed by atoms with Crippen molar-refractivity contribution in [3.63, 3.8) is 0 Å². The predicted molar refractivity (Wildman–Crippen MR) is 50.8 cm³/mol. The van der Waals surface area contributed by atoms with Crippen LogP contribution in [0.25, 0.3) is 11.3 Å². The third kappa shape index (κ3) is 1.47. The van der Waals surface area contributed by atoms with E-state index >= 15 is 0 Å². The molecule has 0 fully saturated rings. The zero-order chi connectivity index (χ0) is 9.26.